The molecule has 1 atom stereocenters. The first kappa shape index (κ1) is 16.2. The van der Waals surface area contributed by atoms with E-state index in [0.29, 0.717) is 13.1 Å². The predicted octanol–water partition coefficient (Wildman–Crippen LogP) is -1.35. The van der Waals surface area contributed by atoms with Gasteiger partial charge in [0.2, 0.25) is 0 Å². The number of halogens is 3. The Labute approximate surface area is 131 Å². The van der Waals surface area contributed by atoms with Crippen molar-refractivity contribution in [2.75, 3.05) is 26.7 Å². The molecule has 1 saturated heterocycles. The van der Waals surface area contributed by atoms with Crippen LogP contribution in [0.1, 0.15) is 6.42 Å². The fourth-order valence-electron chi connectivity index (χ4n) is 1.52. The monoisotopic (exact) mass is 247 g/mol. The average molecular weight is 247 g/mol. The molecule has 15 heavy (non-hydrogen) atoms. The van der Waals surface area contributed by atoms with E-state index in [1.807, 2.05) is 0 Å². The minimum absolute atomic E-state index is 0. The van der Waals surface area contributed by atoms with E-state index in [2.05, 4.69) is 6.58 Å². The summed E-state index contributed by atoms with van der Waals surface area (Å²) in [6.45, 7) is -0.679. The molecule has 0 radical (unpaired) electrons. The van der Waals surface area contributed by atoms with Gasteiger partial charge in [-0.15, -0.1) is 12.1 Å². The Bertz CT molecular complexity index is 224. The number of hydrogen-bond acceptors (Lipinski definition) is 2. The Hall–Kier alpha value is 1.15. The molecule has 1 heterocycles. The van der Waals surface area contributed by atoms with E-state index in [1.54, 1.807) is 12.0 Å². The van der Waals surface area contributed by atoms with Crippen LogP contribution < -0.4 is 51.4 Å². The van der Waals surface area contributed by atoms with Crippen LogP contribution in [-0.4, -0.2) is 44.7 Å². The Morgan fingerprint density at radius 2 is 2.13 bits per heavy atom. The normalized spacial score (nSPS) is 22.5. The summed E-state index contributed by atoms with van der Waals surface area (Å²) in [5.41, 5.74) is -0.623. The molecule has 1 aliphatic heterocycles. The Kier molecular flexibility index (Phi) is 7.30. The van der Waals surface area contributed by atoms with Crippen molar-refractivity contribution < 1.29 is 69.1 Å². The SMILES string of the molecule is C=C(CN1CCC(OC)C1)[B-](F)(F)F.[K+]. The molecule has 0 aromatic carbocycles. The minimum Gasteiger partial charge on any atom is -0.445 e. The first-order valence-electron chi connectivity index (χ1n) is 4.56. The second-order valence-electron chi connectivity index (χ2n) is 3.61. The first-order chi connectivity index (χ1) is 6.43. The number of methoxy groups -OCH3 is 1. The summed E-state index contributed by atoms with van der Waals surface area (Å²) in [7, 11) is 1.58. The van der Waals surface area contributed by atoms with Gasteiger partial charge in [-0.1, -0.05) is 0 Å². The number of nitrogens with zero attached hydrogens (tertiary/aromatic N) is 1. The van der Waals surface area contributed by atoms with Gasteiger partial charge in [-0.25, -0.2) is 0 Å². The molecule has 0 bridgehead atoms. The van der Waals surface area contributed by atoms with Crippen LogP contribution in [0.5, 0.6) is 0 Å². The fourth-order valence-corrected chi connectivity index (χ4v) is 1.52. The predicted molar refractivity (Wildman–Crippen MR) is 50.1 cm³/mol. The second-order valence-corrected chi connectivity index (χ2v) is 3.61. The molecule has 0 aromatic rings. The van der Waals surface area contributed by atoms with Crippen molar-refractivity contribution in [1.82, 2.24) is 4.90 Å². The number of likely N-dealkylation sites (tertiary alicyclic amines) is 1. The Morgan fingerprint density at radius 1 is 1.53 bits per heavy atom. The van der Waals surface area contributed by atoms with Crippen molar-refractivity contribution in [3.8, 4) is 0 Å². The molecule has 1 fully saturated rings. The molecular weight excluding hydrogens is 233 g/mol. The van der Waals surface area contributed by atoms with Gasteiger partial charge in [0.15, 0.2) is 0 Å². The number of rotatable bonds is 4. The molecule has 82 valence electrons. The van der Waals surface area contributed by atoms with Gasteiger partial charge in [0, 0.05) is 20.2 Å². The van der Waals surface area contributed by atoms with Crippen molar-refractivity contribution >= 4 is 6.98 Å². The van der Waals surface area contributed by atoms with E-state index in [-0.39, 0.29) is 64.0 Å². The summed E-state index contributed by atoms with van der Waals surface area (Å²) in [6, 6.07) is 0. The minimum atomic E-state index is -4.89. The standard InChI is InChI=1S/C8H14BF3NO.K/c1-7(9(10,11)12)5-13-4-3-8(6-13)14-2;/h8H,1,3-6H2,2H3;/q-1;+1. The van der Waals surface area contributed by atoms with Gasteiger partial charge in [-0.05, 0) is 13.0 Å². The molecule has 0 saturated carbocycles. The molecule has 7 heteroatoms. The zero-order valence-electron chi connectivity index (χ0n) is 9.18. The molecule has 0 aliphatic carbocycles. The van der Waals surface area contributed by atoms with Gasteiger partial charge >= 0.3 is 58.4 Å². The first-order valence-corrected chi connectivity index (χ1v) is 4.56. The van der Waals surface area contributed by atoms with E-state index in [4.69, 9.17) is 4.74 Å². The zero-order valence-corrected chi connectivity index (χ0v) is 12.3. The maximum absolute atomic E-state index is 12.2. The molecule has 2 nitrogen and oxygen atoms in total. The average Bonchev–Trinajstić information content (AvgIpc) is 2.50. The smallest absolute Gasteiger partial charge is 0.445 e. The van der Waals surface area contributed by atoms with Crippen LogP contribution in [0.15, 0.2) is 12.1 Å². The third kappa shape index (κ3) is 5.34. The van der Waals surface area contributed by atoms with Crippen LogP contribution in [0.3, 0.4) is 0 Å². The van der Waals surface area contributed by atoms with Gasteiger partial charge in [-0.3, -0.25) is 4.90 Å². The largest absolute Gasteiger partial charge is 1.00 e. The van der Waals surface area contributed by atoms with Crippen molar-refractivity contribution in [1.29, 1.82) is 0 Å². The summed E-state index contributed by atoms with van der Waals surface area (Å²) >= 11 is 0. The van der Waals surface area contributed by atoms with Gasteiger partial charge in [0.25, 0.3) is 0 Å². The molecule has 1 unspecified atom stereocenters. The van der Waals surface area contributed by atoms with Gasteiger partial charge in [0.05, 0.1) is 6.10 Å². The fraction of sp³-hybridized carbons (Fsp3) is 0.750. The van der Waals surface area contributed by atoms with E-state index < -0.39 is 12.4 Å². The number of ether oxygens (including phenoxy) is 1. The van der Waals surface area contributed by atoms with E-state index in [9.17, 15) is 12.9 Å². The molecule has 0 N–H and O–H groups in total. The van der Waals surface area contributed by atoms with E-state index >= 15 is 0 Å². The number of hydrogen-bond donors (Lipinski definition) is 0. The van der Waals surface area contributed by atoms with Gasteiger partial charge in [-0.2, -0.15) is 0 Å². The summed E-state index contributed by atoms with van der Waals surface area (Å²) in [5.74, 6) is 0. The molecule has 0 spiro atoms. The molecule has 1 rings (SSSR count). The third-order valence-corrected chi connectivity index (χ3v) is 2.45. The van der Waals surface area contributed by atoms with Crippen LogP contribution in [0.2, 0.25) is 0 Å². The Balaban J connectivity index is 0.00000196. The maximum atomic E-state index is 12.2. The van der Waals surface area contributed by atoms with Crippen LogP contribution in [-0.2, 0) is 4.74 Å². The van der Waals surface area contributed by atoms with Crippen LogP contribution in [0.4, 0.5) is 12.9 Å². The maximum Gasteiger partial charge on any atom is 1.00 e. The summed E-state index contributed by atoms with van der Waals surface area (Å²) in [4.78, 5) is 1.73. The quantitative estimate of drug-likeness (QED) is 0.570. The van der Waals surface area contributed by atoms with Crippen LogP contribution in [0.25, 0.3) is 0 Å². The summed E-state index contributed by atoms with van der Waals surface area (Å²) in [5, 5.41) is 0. The summed E-state index contributed by atoms with van der Waals surface area (Å²) in [6.07, 6.45) is 0.873. The zero-order chi connectivity index (χ0) is 10.8. The summed E-state index contributed by atoms with van der Waals surface area (Å²) < 4.78 is 41.6. The molecule has 0 aromatic heterocycles. The Morgan fingerprint density at radius 3 is 2.53 bits per heavy atom. The van der Waals surface area contributed by atoms with Crippen LogP contribution >= 0.6 is 0 Å². The van der Waals surface area contributed by atoms with E-state index in [0.717, 1.165) is 6.42 Å². The van der Waals surface area contributed by atoms with Crippen LogP contribution in [0, 0.1) is 0 Å². The van der Waals surface area contributed by atoms with Crippen molar-refractivity contribution in [2.45, 2.75) is 12.5 Å². The van der Waals surface area contributed by atoms with Crippen molar-refractivity contribution in [3.63, 3.8) is 0 Å². The third-order valence-electron chi connectivity index (χ3n) is 2.45. The van der Waals surface area contributed by atoms with Gasteiger partial charge in [0.1, 0.15) is 0 Å². The van der Waals surface area contributed by atoms with Crippen molar-refractivity contribution in [3.05, 3.63) is 12.1 Å². The molecular formula is C8H14BF3KNO. The molecule has 1 aliphatic rings. The molecule has 0 amide bonds. The second kappa shape index (κ2) is 6.78. The topological polar surface area (TPSA) is 12.5 Å². The van der Waals surface area contributed by atoms with E-state index in [1.165, 1.54) is 0 Å². The van der Waals surface area contributed by atoms with Crippen molar-refractivity contribution in [2.24, 2.45) is 0 Å². The van der Waals surface area contributed by atoms with Gasteiger partial charge < -0.3 is 17.7 Å².